The molecule has 1 aromatic heterocycles. The van der Waals surface area contributed by atoms with Gasteiger partial charge in [-0.1, -0.05) is 30.7 Å². The van der Waals surface area contributed by atoms with Crippen molar-refractivity contribution < 1.29 is 4.79 Å². The monoisotopic (exact) mass is 352 g/mol. The van der Waals surface area contributed by atoms with Crippen molar-refractivity contribution in [3.05, 3.63) is 54.1 Å². The molecule has 26 heavy (non-hydrogen) atoms. The lowest BCUT2D eigenvalue weighted by atomic mass is 9.65. The number of hydrogen-bond acceptors (Lipinski definition) is 3. The van der Waals surface area contributed by atoms with Gasteiger partial charge in [0.25, 0.3) is 0 Å². The zero-order chi connectivity index (χ0) is 17.9. The molecule has 2 bridgehead atoms. The number of fused-ring (bicyclic) bond motifs is 2. The third-order valence-electron chi connectivity index (χ3n) is 6.17. The van der Waals surface area contributed by atoms with Crippen LogP contribution in [-0.2, 0) is 17.9 Å². The molecule has 5 nitrogen and oxygen atoms in total. The highest BCUT2D eigenvalue weighted by Gasteiger charge is 2.40. The Labute approximate surface area is 155 Å². The third kappa shape index (κ3) is 3.83. The highest BCUT2D eigenvalue weighted by Crippen LogP contribution is 2.41. The van der Waals surface area contributed by atoms with Gasteiger partial charge in [-0.05, 0) is 48.6 Å². The molecule has 5 heteroatoms. The van der Waals surface area contributed by atoms with E-state index in [0.29, 0.717) is 24.4 Å². The van der Waals surface area contributed by atoms with Crippen LogP contribution in [0.2, 0.25) is 0 Å². The van der Waals surface area contributed by atoms with E-state index in [2.05, 4.69) is 34.6 Å². The molecule has 0 aliphatic heterocycles. The lowest BCUT2D eigenvalue weighted by molar-refractivity contribution is -0.128. The van der Waals surface area contributed by atoms with E-state index >= 15 is 0 Å². The van der Waals surface area contributed by atoms with Gasteiger partial charge in [-0.2, -0.15) is 0 Å². The molecule has 1 amide bonds. The molecule has 2 aliphatic rings. The predicted molar refractivity (Wildman–Crippen MR) is 101 cm³/mol. The molecule has 138 valence electrons. The molecule has 1 heterocycles. The summed E-state index contributed by atoms with van der Waals surface area (Å²) in [5.41, 5.74) is 8.70. The highest BCUT2D eigenvalue weighted by atomic mass is 16.1. The number of carbonyl (C=O) groups is 1. The predicted octanol–water partition coefficient (Wildman–Crippen LogP) is 2.70. The largest absolute Gasteiger partial charge is 0.352 e. The van der Waals surface area contributed by atoms with Gasteiger partial charge in [-0.3, -0.25) is 4.79 Å². The number of nitrogens with zero attached hydrogens (tertiary/aromatic N) is 2. The summed E-state index contributed by atoms with van der Waals surface area (Å²) < 4.78 is 2.04. The smallest absolute Gasteiger partial charge is 0.223 e. The molecule has 2 saturated carbocycles. The van der Waals surface area contributed by atoms with E-state index in [0.717, 1.165) is 24.9 Å². The quantitative estimate of drug-likeness (QED) is 0.869. The Morgan fingerprint density at radius 1 is 1.23 bits per heavy atom. The third-order valence-corrected chi connectivity index (χ3v) is 6.17. The van der Waals surface area contributed by atoms with Gasteiger partial charge in [0.1, 0.15) is 0 Å². The Balaban J connectivity index is 1.33. The van der Waals surface area contributed by atoms with Crippen LogP contribution in [0.5, 0.6) is 0 Å². The molecule has 2 unspecified atom stereocenters. The summed E-state index contributed by atoms with van der Waals surface area (Å²) in [5.74, 6) is 1.42. The molecule has 0 spiro atoms. The van der Waals surface area contributed by atoms with E-state index in [1.165, 1.54) is 24.8 Å². The second-order valence-corrected chi connectivity index (χ2v) is 7.97. The van der Waals surface area contributed by atoms with E-state index in [1.807, 2.05) is 17.1 Å². The minimum absolute atomic E-state index is 0.138. The van der Waals surface area contributed by atoms with Gasteiger partial charge in [-0.15, -0.1) is 0 Å². The number of rotatable bonds is 5. The summed E-state index contributed by atoms with van der Waals surface area (Å²) in [6.07, 6.45) is 11.2. The zero-order valence-electron chi connectivity index (χ0n) is 15.2. The summed E-state index contributed by atoms with van der Waals surface area (Å²) in [6, 6.07) is 8.70. The summed E-state index contributed by atoms with van der Waals surface area (Å²) >= 11 is 0. The van der Waals surface area contributed by atoms with Crippen molar-refractivity contribution in [2.24, 2.45) is 23.5 Å². The first kappa shape index (κ1) is 17.3. The van der Waals surface area contributed by atoms with Crippen molar-refractivity contribution in [3.8, 4) is 0 Å². The summed E-state index contributed by atoms with van der Waals surface area (Å²) in [7, 11) is 0. The number of imidazole rings is 1. The van der Waals surface area contributed by atoms with E-state index in [9.17, 15) is 4.79 Å². The second-order valence-electron chi connectivity index (χ2n) is 7.97. The van der Waals surface area contributed by atoms with Crippen molar-refractivity contribution in [3.63, 3.8) is 0 Å². The fourth-order valence-electron chi connectivity index (χ4n) is 4.77. The van der Waals surface area contributed by atoms with E-state index < -0.39 is 0 Å². The van der Waals surface area contributed by atoms with Crippen molar-refractivity contribution in [2.75, 3.05) is 0 Å². The van der Waals surface area contributed by atoms with Crippen molar-refractivity contribution >= 4 is 5.91 Å². The Bertz CT molecular complexity index is 728. The maximum atomic E-state index is 12.7. The summed E-state index contributed by atoms with van der Waals surface area (Å²) in [6.45, 7) is 1.39. The average Bonchev–Trinajstić information content (AvgIpc) is 3.13. The van der Waals surface area contributed by atoms with Gasteiger partial charge < -0.3 is 15.6 Å². The number of amides is 1. The van der Waals surface area contributed by atoms with Gasteiger partial charge in [0.2, 0.25) is 5.91 Å². The van der Waals surface area contributed by atoms with Crippen LogP contribution in [0.3, 0.4) is 0 Å². The summed E-state index contributed by atoms with van der Waals surface area (Å²) in [4.78, 5) is 16.8. The Hall–Kier alpha value is -2.14. The van der Waals surface area contributed by atoms with Crippen LogP contribution < -0.4 is 11.1 Å². The van der Waals surface area contributed by atoms with Crippen LogP contribution in [-0.4, -0.2) is 21.5 Å². The van der Waals surface area contributed by atoms with Gasteiger partial charge in [0, 0.05) is 37.4 Å². The maximum Gasteiger partial charge on any atom is 0.223 e. The number of hydrogen-bond donors (Lipinski definition) is 2. The lowest BCUT2D eigenvalue weighted by Crippen LogP contribution is -2.49. The highest BCUT2D eigenvalue weighted by molar-refractivity contribution is 5.78. The van der Waals surface area contributed by atoms with Crippen molar-refractivity contribution in [1.29, 1.82) is 0 Å². The Morgan fingerprint density at radius 2 is 2.00 bits per heavy atom. The molecule has 2 fully saturated rings. The minimum Gasteiger partial charge on any atom is -0.352 e. The van der Waals surface area contributed by atoms with Crippen molar-refractivity contribution in [1.82, 2.24) is 14.9 Å². The van der Waals surface area contributed by atoms with Gasteiger partial charge in [0.15, 0.2) is 0 Å². The van der Waals surface area contributed by atoms with Gasteiger partial charge in [-0.25, -0.2) is 4.98 Å². The SMILES string of the molecule is NC1C2CCCC1CC(C(=O)NCc1cccc(Cn3ccnc3)c1)C2. The molecular weight excluding hydrogens is 324 g/mol. The van der Waals surface area contributed by atoms with E-state index in [4.69, 9.17) is 5.73 Å². The van der Waals surface area contributed by atoms with Crippen LogP contribution in [0.15, 0.2) is 43.0 Å². The van der Waals surface area contributed by atoms with Crippen molar-refractivity contribution in [2.45, 2.75) is 51.2 Å². The normalized spacial score (nSPS) is 27.9. The topological polar surface area (TPSA) is 72.9 Å². The number of nitrogens with one attached hydrogen (secondary N) is 1. The van der Waals surface area contributed by atoms with Gasteiger partial charge in [0.05, 0.1) is 6.33 Å². The molecule has 0 radical (unpaired) electrons. The number of nitrogens with two attached hydrogens (primary N) is 1. The molecule has 2 aliphatic carbocycles. The Morgan fingerprint density at radius 3 is 2.73 bits per heavy atom. The van der Waals surface area contributed by atoms with Gasteiger partial charge >= 0.3 is 0 Å². The maximum absolute atomic E-state index is 12.7. The lowest BCUT2D eigenvalue weighted by Gasteiger charge is -2.43. The fraction of sp³-hybridized carbons (Fsp3) is 0.524. The van der Waals surface area contributed by atoms with E-state index in [1.54, 1.807) is 6.20 Å². The van der Waals surface area contributed by atoms with Crippen LogP contribution in [0.4, 0.5) is 0 Å². The van der Waals surface area contributed by atoms with E-state index in [-0.39, 0.29) is 11.8 Å². The number of carbonyl (C=O) groups excluding carboxylic acids is 1. The summed E-state index contributed by atoms with van der Waals surface area (Å²) in [5, 5.41) is 3.16. The van der Waals surface area contributed by atoms with Crippen LogP contribution in [0, 0.1) is 17.8 Å². The number of aromatic nitrogens is 2. The second kappa shape index (κ2) is 7.62. The average molecular weight is 352 g/mol. The van der Waals surface area contributed by atoms with Crippen LogP contribution >= 0.6 is 0 Å². The number of benzene rings is 1. The first-order valence-corrected chi connectivity index (χ1v) is 9.76. The Kier molecular flexibility index (Phi) is 5.07. The first-order chi connectivity index (χ1) is 12.7. The van der Waals surface area contributed by atoms with Crippen LogP contribution in [0.1, 0.15) is 43.2 Å². The molecule has 1 aromatic carbocycles. The molecule has 2 atom stereocenters. The molecule has 4 rings (SSSR count). The van der Waals surface area contributed by atoms with Crippen LogP contribution in [0.25, 0.3) is 0 Å². The molecule has 2 aromatic rings. The standard InChI is InChI=1S/C21H28N4O/c22-20-17-5-2-6-18(20)11-19(10-17)21(26)24-12-15-3-1-4-16(9-15)13-25-8-7-23-14-25/h1,3-4,7-9,14,17-20H,2,5-6,10-13,22H2,(H,24,26). The molecular formula is C21H28N4O. The molecule has 0 saturated heterocycles. The molecule has 3 N–H and O–H groups in total. The first-order valence-electron chi connectivity index (χ1n) is 9.76. The zero-order valence-corrected chi connectivity index (χ0v) is 15.2. The fourth-order valence-corrected chi connectivity index (χ4v) is 4.77. The minimum atomic E-state index is 0.138.